The average molecular weight is 343 g/mol. The van der Waals surface area contributed by atoms with Gasteiger partial charge in [0.15, 0.2) is 5.96 Å². The Morgan fingerprint density at radius 2 is 1.96 bits per heavy atom. The molecule has 1 unspecified atom stereocenters. The standard InChI is InChI=1S/C20H29N3O2/c1-2-20(13-15-9-5-3-6-10-15)18(25)23(19(21)22-20)14-17(24)16-11-7-4-8-12-16/h4,7-8,11-12,15,17,24H,2-3,5-6,9-10,13-14H2,1H3,(H2,21,22)/t17?,20-/m1/s1. The fraction of sp³-hybridized carbons (Fsp3) is 0.600. The van der Waals surface area contributed by atoms with E-state index in [9.17, 15) is 9.90 Å². The molecule has 1 saturated heterocycles. The molecule has 136 valence electrons. The summed E-state index contributed by atoms with van der Waals surface area (Å²) in [6.07, 6.45) is 6.81. The van der Waals surface area contributed by atoms with Crippen molar-refractivity contribution in [3.8, 4) is 0 Å². The summed E-state index contributed by atoms with van der Waals surface area (Å²) in [6.45, 7) is 2.14. The van der Waals surface area contributed by atoms with E-state index in [1.165, 1.54) is 37.0 Å². The predicted molar refractivity (Wildman–Crippen MR) is 98.2 cm³/mol. The summed E-state index contributed by atoms with van der Waals surface area (Å²) < 4.78 is 0. The average Bonchev–Trinajstić information content (AvgIpc) is 2.88. The zero-order chi connectivity index (χ0) is 17.9. The monoisotopic (exact) mass is 343 g/mol. The predicted octanol–water partition coefficient (Wildman–Crippen LogP) is 3.21. The second kappa shape index (κ2) is 7.56. The number of nitrogens with zero attached hydrogens (tertiary/aromatic N) is 1. The molecular weight excluding hydrogens is 314 g/mol. The normalized spacial score (nSPS) is 25.9. The van der Waals surface area contributed by atoms with Crippen molar-refractivity contribution in [2.45, 2.75) is 63.5 Å². The number of hydrogen-bond donors (Lipinski definition) is 3. The molecule has 2 atom stereocenters. The van der Waals surface area contributed by atoms with Crippen molar-refractivity contribution in [1.82, 2.24) is 10.2 Å². The number of aliphatic hydroxyl groups is 1. The third kappa shape index (κ3) is 3.71. The summed E-state index contributed by atoms with van der Waals surface area (Å²) >= 11 is 0. The maximum atomic E-state index is 13.1. The Kier molecular flexibility index (Phi) is 5.42. The first-order valence-corrected chi connectivity index (χ1v) is 9.47. The number of amides is 1. The minimum absolute atomic E-state index is 0.0550. The van der Waals surface area contributed by atoms with Gasteiger partial charge in [-0.25, -0.2) is 0 Å². The molecule has 2 aliphatic rings. The number of carbonyl (C=O) groups is 1. The molecule has 3 N–H and O–H groups in total. The van der Waals surface area contributed by atoms with Crippen molar-refractivity contribution in [2.75, 3.05) is 6.54 Å². The Labute approximate surface area is 149 Å². The van der Waals surface area contributed by atoms with Crippen LogP contribution >= 0.6 is 0 Å². The van der Waals surface area contributed by atoms with Crippen LogP contribution in [-0.2, 0) is 4.79 Å². The van der Waals surface area contributed by atoms with Crippen LogP contribution in [0.2, 0.25) is 0 Å². The number of nitrogens with one attached hydrogen (secondary N) is 2. The lowest BCUT2D eigenvalue weighted by Crippen LogP contribution is -2.48. The topological polar surface area (TPSA) is 76.4 Å². The molecule has 1 aromatic carbocycles. The van der Waals surface area contributed by atoms with Crippen LogP contribution in [0.5, 0.6) is 0 Å². The van der Waals surface area contributed by atoms with Gasteiger partial charge in [-0.1, -0.05) is 69.4 Å². The van der Waals surface area contributed by atoms with E-state index < -0.39 is 11.6 Å². The Bertz CT molecular complexity index is 613. The SMILES string of the molecule is CC[C@]1(CC2CCCCC2)NC(=N)N(CC(O)c2ccccc2)C1=O. The quantitative estimate of drug-likeness (QED) is 0.742. The molecule has 0 spiro atoms. The van der Waals surface area contributed by atoms with Crippen molar-refractivity contribution >= 4 is 11.9 Å². The minimum Gasteiger partial charge on any atom is -0.387 e. The van der Waals surface area contributed by atoms with Gasteiger partial charge in [0.1, 0.15) is 5.54 Å². The zero-order valence-electron chi connectivity index (χ0n) is 15.0. The van der Waals surface area contributed by atoms with Gasteiger partial charge in [0.25, 0.3) is 5.91 Å². The van der Waals surface area contributed by atoms with Gasteiger partial charge in [-0.15, -0.1) is 0 Å². The van der Waals surface area contributed by atoms with Gasteiger partial charge in [-0.3, -0.25) is 15.1 Å². The molecule has 0 aromatic heterocycles. The fourth-order valence-corrected chi connectivity index (χ4v) is 4.24. The molecule has 0 bridgehead atoms. The van der Waals surface area contributed by atoms with Crippen LogP contribution in [0.3, 0.4) is 0 Å². The number of hydrogen-bond acceptors (Lipinski definition) is 3. The van der Waals surface area contributed by atoms with Crippen LogP contribution in [0.1, 0.15) is 63.5 Å². The maximum Gasteiger partial charge on any atom is 0.255 e. The summed E-state index contributed by atoms with van der Waals surface area (Å²) in [4.78, 5) is 14.5. The first-order valence-electron chi connectivity index (χ1n) is 9.47. The Hall–Kier alpha value is -1.88. The van der Waals surface area contributed by atoms with E-state index in [-0.39, 0.29) is 18.4 Å². The highest BCUT2D eigenvalue weighted by Gasteiger charge is 2.49. The van der Waals surface area contributed by atoms with E-state index in [2.05, 4.69) is 5.32 Å². The number of guanidine groups is 1. The molecule has 3 rings (SSSR count). The van der Waals surface area contributed by atoms with E-state index in [1.807, 2.05) is 37.3 Å². The summed E-state index contributed by atoms with van der Waals surface area (Å²) in [5.74, 6) is 0.621. The number of rotatable bonds is 6. The van der Waals surface area contributed by atoms with Crippen molar-refractivity contribution in [1.29, 1.82) is 5.41 Å². The van der Waals surface area contributed by atoms with E-state index >= 15 is 0 Å². The molecule has 5 nitrogen and oxygen atoms in total. The number of aliphatic hydroxyl groups excluding tert-OH is 1. The van der Waals surface area contributed by atoms with Gasteiger partial charge in [-0.2, -0.15) is 0 Å². The second-order valence-corrected chi connectivity index (χ2v) is 7.46. The molecule has 25 heavy (non-hydrogen) atoms. The molecule has 5 heteroatoms. The third-order valence-corrected chi connectivity index (χ3v) is 5.79. The van der Waals surface area contributed by atoms with Crippen LogP contribution in [-0.4, -0.2) is 34.0 Å². The molecule has 1 saturated carbocycles. The molecule has 1 aromatic rings. The lowest BCUT2D eigenvalue weighted by molar-refractivity contribution is -0.133. The lowest BCUT2D eigenvalue weighted by Gasteiger charge is -2.32. The molecular formula is C20H29N3O2. The van der Waals surface area contributed by atoms with E-state index in [0.717, 1.165) is 12.0 Å². The molecule has 1 aliphatic heterocycles. The highest BCUT2D eigenvalue weighted by molar-refractivity contribution is 6.07. The van der Waals surface area contributed by atoms with Crippen LogP contribution in [0.4, 0.5) is 0 Å². The van der Waals surface area contributed by atoms with Gasteiger partial charge in [0.2, 0.25) is 0 Å². The maximum absolute atomic E-state index is 13.1. The van der Waals surface area contributed by atoms with Crippen molar-refractivity contribution in [3.63, 3.8) is 0 Å². The number of β-amino-alcohol motifs (C(OH)–C–C–N with tert-alkyl or cyclic N) is 1. The minimum atomic E-state index is -0.783. The Morgan fingerprint density at radius 3 is 2.60 bits per heavy atom. The Balaban J connectivity index is 1.71. The van der Waals surface area contributed by atoms with Gasteiger partial charge in [0, 0.05) is 0 Å². The smallest absolute Gasteiger partial charge is 0.255 e. The van der Waals surface area contributed by atoms with Crippen LogP contribution in [0.15, 0.2) is 30.3 Å². The van der Waals surface area contributed by atoms with Gasteiger partial charge in [0.05, 0.1) is 12.6 Å². The van der Waals surface area contributed by atoms with Crippen molar-refractivity contribution in [2.24, 2.45) is 5.92 Å². The molecule has 1 heterocycles. The van der Waals surface area contributed by atoms with Crippen molar-refractivity contribution < 1.29 is 9.90 Å². The summed E-state index contributed by atoms with van der Waals surface area (Å²) in [7, 11) is 0. The molecule has 1 aliphatic carbocycles. The third-order valence-electron chi connectivity index (χ3n) is 5.79. The van der Waals surface area contributed by atoms with Crippen molar-refractivity contribution in [3.05, 3.63) is 35.9 Å². The summed E-state index contributed by atoms with van der Waals surface area (Å²) in [6, 6.07) is 9.32. The van der Waals surface area contributed by atoms with Gasteiger partial charge < -0.3 is 10.4 Å². The molecule has 1 amide bonds. The van der Waals surface area contributed by atoms with Crippen LogP contribution < -0.4 is 5.32 Å². The largest absolute Gasteiger partial charge is 0.387 e. The Morgan fingerprint density at radius 1 is 1.28 bits per heavy atom. The first kappa shape index (κ1) is 17.9. The van der Waals surface area contributed by atoms with Crippen LogP contribution in [0, 0.1) is 11.3 Å². The van der Waals surface area contributed by atoms with E-state index in [1.54, 1.807) is 0 Å². The van der Waals surface area contributed by atoms with E-state index in [4.69, 9.17) is 5.41 Å². The second-order valence-electron chi connectivity index (χ2n) is 7.46. The number of benzene rings is 1. The molecule has 2 fully saturated rings. The fourth-order valence-electron chi connectivity index (χ4n) is 4.24. The van der Waals surface area contributed by atoms with E-state index in [0.29, 0.717) is 12.3 Å². The van der Waals surface area contributed by atoms with Crippen LogP contribution in [0.25, 0.3) is 0 Å². The zero-order valence-corrected chi connectivity index (χ0v) is 15.0. The highest BCUT2D eigenvalue weighted by Crippen LogP contribution is 2.35. The summed E-state index contributed by atoms with van der Waals surface area (Å²) in [5, 5.41) is 21.9. The molecule has 0 radical (unpaired) electrons. The number of carbonyl (C=O) groups excluding carboxylic acids is 1. The highest BCUT2D eigenvalue weighted by atomic mass is 16.3. The lowest BCUT2D eigenvalue weighted by atomic mass is 9.78. The van der Waals surface area contributed by atoms with Gasteiger partial charge in [-0.05, 0) is 24.3 Å². The van der Waals surface area contributed by atoms with Gasteiger partial charge >= 0.3 is 0 Å². The first-order chi connectivity index (χ1) is 12.1. The summed E-state index contributed by atoms with van der Waals surface area (Å²) in [5.41, 5.74) is 0.0968.